The van der Waals surface area contributed by atoms with Crippen LogP contribution in [0, 0.1) is 25.6 Å². The first-order valence-electron chi connectivity index (χ1n) is 20.8. The first-order valence-corrected chi connectivity index (χ1v) is 20.8. The average molecular weight is 813 g/mol. The van der Waals surface area contributed by atoms with Crippen molar-refractivity contribution in [2.75, 3.05) is 6.61 Å². The molecule has 5 aromatic carbocycles. The third-order valence-corrected chi connectivity index (χ3v) is 11.2. The molecule has 2 fully saturated rings. The summed E-state index contributed by atoms with van der Waals surface area (Å²) in [5.74, 6) is -2.08. The topological polar surface area (TPSA) is 93.4 Å². The average Bonchev–Trinajstić information content (AvgIpc) is 4.05. The van der Waals surface area contributed by atoms with Gasteiger partial charge >= 0.3 is 5.97 Å². The Hall–Kier alpha value is -5.20. The molecule has 312 valence electrons. The van der Waals surface area contributed by atoms with Crippen molar-refractivity contribution in [3.05, 3.63) is 190 Å². The van der Waals surface area contributed by atoms with Gasteiger partial charge in [-0.05, 0) is 72.1 Å². The Morgan fingerprint density at radius 2 is 1.22 bits per heavy atom. The van der Waals surface area contributed by atoms with Crippen LogP contribution in [0.3, 0.4) is 0 Å². The van der Waals surface area contributed by atoms with Gasteiger partial charge in [0.15, 0.2) is 6.10 Å². The predicted octanol–water partition coefficient (Wildman–Crippen LogP) is 9.04. The van der Waals surface area contributed by atoms with Crippen LogP contribution >= 0.6 is 0 Å². The van der Waals surface area contributed by atoms with Gasteiger partial charge in [0.25, 0.3) is 0 Å². The molecule has 0 bridgehead atoms. The van der Waals surface area contributed by atoms with Crippen LogP contribution < -0.4 is 4.74 Å². The van der Waals surface area contributed by atoms with E-state index in [1.165, 1.54) is 6.07 Å². The van der Waals surface area contributed by atoms with Gasteiger partial charge in [0.2, 0.25) is 5.88 Å². The van der Waals surface area contributed by atoms with Crippen LogP contribution in [-0.4, -0.2) is 51.9 Å². The lowest BCUT2D eigenvalue weighted by molar-refractivity contribution is -0.436. The van der Waals surface area contributed by atoms with Crippen molar-refractivity contribution in [1.29, 1.82) is 0 Å². The van der Waals surface area contributed by atoms with E-state index >= 15 is 0 Å². The summed E-state index contributed by atoms with van der Waals surface area (Å²) >= 11 is 0. The molecule has 5 atom stereocenters. The summed E-state index contributed by atoms with van der Waals surface area (Å²) in [4.78, 5) is 0. The van der Waals surface area contributed by atoms with Gasteiger partial charge in [-0.3, -0.25) is 4.68 Å². The monoisotopic (exact) mass is 812 g/mol. The molecule has 0 unspecified atom stereocenters. The SMILES string of the molecule is Cc1ccc(Cc2c(O[C@@]3(O)O[C@H](COCc4ccccc4)[C@@H](OCc4ccccc4)[C@H](OCc4ccccc4)[C@H]3OCc3ccccc3)nn(CC3CC3)c2C)cc1F. The third-order valence-electron chi connectivity index (χ3n) is 11.2. The zero-order valence-electron chi connectivity index (χ0n) is 34.2. The van der Waals surface area contributed by atoms with E-state index < -0.39 is 30.4 Å². The van der Waals surface area contributed by atoms with Gasteiger partial charge < -0.3 is 33.5 Å². The van der Waals surface area contributed by atoms with Gasteiger partial charge in [0.1, 0.15) is 24.1 Å². The van der Waals surface area contributed by atoms with Crippen molar-refractivity contribution in [1.82, 2.24) is 9.78 Å². The van der Waals surface area contributed by atoms with Gasteiger partial charge in [-0.1, -0.05) is 133 Å². The molecule has 8 rings (SSSR count). The molecule has 6 aromatic rings. The lowest BCUT2D eigenvalue weighted by Gasteiger charge is -2.49. The van der Waals surface area contributed by atoms with Gasteiger partial charge in [-0.25, -0.2) is 4.39 Å². The summed E-state index contributed by atoms with van der Waals surface area (Å²) in [5, 5.41) is 18.1. The van der Waals surface area contributed by atoms with Gasteiger partial charge in [0, 0.05) is 24.2 Å². The summed E-state index contributed by atoms with van der Waals surface area (Å²) in [7, 11) is 0. The Labute approximate surface area is 351 Å². The van der Waals surface area contributed by atoms with Crippen molar-refractivity contribution in [3.63, 3.8) is 0 Å². The van der Waals surface area contributed by atoms with Gasteiger partial charge in [0.05, 0.1) is 33.0 Å². The molecule has 0 spiro atoms. The molecule has 1 aliphatic carbocycles. The first kappa shape index (κ1) is 41.5. The molecule has 1 saturated heterocycles. The number of hydrogen-bond acceptors (Lipinski definition) is 8. The Bertz CT molecular complexity index is 2260. The highest BCUT2D eigenvalue weighted by atomic mass is 19.1. The Morgan fingerprint density at radius 3 is 1.77 bits per heavy atom. The summed E-state index contributed by atoms with van der Waals surface area (Å²) < 4.78 is 57.0. The lowest BCUT2D eigenvalue weighted by atomic mass is 9.96. The minimum Gasteiger partial charge on any atom is -0.417 e. The molecular weight excluding hydrogens is 760 g/mol. The van der Waals surface area contributed by atoms with Crippen LogP contribution in [0.25, 0.3) is 0 Å². The smallest absolute Gasteiger partial charge is 0.356 e. The van der Waals surface area contributed by atoms with Gasteiger partial charge in [-0.15, -0.1) is 5.10 Å². The molecule has 1 aliphatic heterocycles. The molecule has 1 saturated carbocycles. The molecular formula is C50H53FN2O7. The van der Waals surface area contributed by atoms with E-state index in [1.807, 2.05) is 139 Å². The first-order chi connectivity index (χ1) is 29.3. The molecule has 9 nitrogen and oxygen atoms in total. The summed E-state index contributed by atoms with van der Waals surface area (Å²) in [6.07, 6.45) is -1.34. The van der Waals surface area contributed by atoms with Crippen LogP contribution in [0.4, 0.5) is 4.39 Å². The fourth-order valence-electron chi connectivity index (χ4n) is 7.55. The number of aryl methyl sites for hydroxylation is 1. The van der Waals surface area contributed by atoms with Crippen molar-refractivity contribution < 1.29 is 37.9 Å². The largest absolute Gasteiger partial charge is 0.417 e. The van der Waals surface area contributed by atoms with E-state index in [1.54, 1.807) is 13.0 Å². The molecule has 2 heterocycles. The summed E-state index contributed by atoms with van der Waals surface area (Å²) in [6, 6.07) is 44.5. The van der Waals surface area contributed by atoms with Gasteiger partial charge in [-0.2, -0.15) is 0 Å². The highest BCUT2D eigenvalue weighted by Gasteiger charge is 2.59. The van der Waals surface area contributed by atoms with Crippen LogP contribution in [0.2, 0.25) is 0 Å². The number of hydrogen-bond donors (Lipinski definition) is 1. The fourth-order valence-corrected chi connectivity index (χ4v) is 7.55. The lowest BCUT2D eigenvalue weighted by Crippen LogP contribution is -2.69. The van der Waals surface area contributed by atoms with E-state index in [0.717, 1.165) is 46.4 Å². The van der Waals surface area contributed by atoms with E-state index in [0.29, 0.717) is 36.6 Å². The van der Waals surface area contributed by atoms with E-state index in [4.69, 9.17) is 33.5 Å². The van der Waals surface area contributed by atoms with Crippen LogP contribution in [-0.2, 0) is 63.1 Å². The molecule has 0 amide bonds. The molecule has 0 radical (unpaired) electrons. The number of ether oxygens (including phenoxy) is 6. The standard InChI is InChI=1S/C50H53FN2O7/c1-35-23-24-42(28-44(35)51)27-43-36(2)53(29-37-25-26-37)52-49(43)60-50(54)48(58-33-41-21-13-6-14-22-41)47(57-32-40-19-11-5-12-20-40)46(56-31-39-17-9-4-10-18-39)45(59-50)34-55-30-38-15-7-3-8-16-38/h3-24,28,37,45-48,54H,25-27,29-34H2,1-2H3/t45-,46-,47+,48-,50+/m1/s1. The molecule has 2 aliphatic rings. The maximum absolute atomic E-state index is 14.9. The fraction of sp³-hybridized carbons (Fsp3) is 0.340. The summed E-state index contributed by atoms with van der Waals surface area (Å²) in [6.45, 7) is 5.29. The minimum absolute atomic E-state index is 0.0290. The van der Waals surface area contributed by atoms with E-state index in [9.17, 15) is 9.50 Å². The van der Waals surface area contributed by atoms with Crippen LogP contribution in [0.5, 0.6) is 5.88 Å². The molecule has 10 heteroatoms. The van der Waals surface area contributed by atoms with Crippen molar-refractivity contribution in [2.24, 2.45) is 5.92 Å². The number of halogens is 1. The van der Waals surface area contributed by atoms with Crippen LogP contribution in [0.1, 0.15) is 57.5 Å². The van der Waals surface area contributed by atoms with Crippen molar-refractivity contribution in [2.45, 2.75) is 96.5 Å². The Balaban J connectivity index is 1.19. The number of aromatic nitrogens is 2. The second kappa shape index (κ2) is 19.5. The zero-order valence-corrected chi connectivity index (χ0v) is 34.2. The highest BCUT2D eigenvalue weighted by molar-refractivity contribution is 5.38. The number of nitrogens with zero attached hydrogens (tertiary/aromatic N) is 2. The second-order valence-electron chi connectivity index (χ2n) is 15.9. The Morgan fingerprint density at radius 1 is 0.683 bits per heavy atom. The van der Waals surface area contributed by atoms with E-state index in [2.05, 4.69) is 0 Å². The second-order valence-corrected chi connectivity index (χ2v) is 15.9. The molecule has 1 aromatic heterocycles. The van der Waals surface area contributed by atoms with Crippen molar-refractivity contribution >= 4 is 0 Å². The summed E-state index contributed by atoms with van der Waals surface area (Å²) in [5.41, 5.74) is 6.62. The number of aliphatic hydroxyl groups is 1. The Kier molecular flexibility index (Phi) is 13.5. The molecule has 60 heavy (non-hydrogen) atoms. The number of benzene rings is 5. The normalized spacial score (nSPS) is 21.5. The van der Waals surface area contributed by atoms with E-state index in [-0.39, 0.29) is 38.1 Å². The predicted molar refractivity (Wildman–Crippen MR) is 225 cm³/mol. The number of rotatable bonds is 19. The van der Waals surface area contributed by atoms with Crippen LogP contribution in [0.15, 0.2) is 140 Å². The quantitative estimate of drug-likeness (QED) is 0.0811. The third kappa shape index (κ3) is 10.6. The van der Waals surface area contributed by atoms with Crippen molar-refractivity contribution in [3.8, 4) is 5.88 Å². The minimum atomic E-state index is -2.46. The maximum Gasteiger partial charge on any atom is 0.356 e. The molecule has 1 N–H and O–H groups in total. The maximum atomic E-state index is 14.9. The zero-order chi connectivity index (χ0) is 41.3. The highest BCUT2D eigenvalue weighted by Crippen LogP contribution is 2.40.